The van der Waals surface area contributed by atoms with E-state index in [1.807, 2.05) is 51.1 Å². The zero-order valence-corrected chi connectivity index (χ0v) is 25.0. The summed E-state index contributed by atoms with van der Waals surface area (Å²) in [6.45, 7) is 8.06. The number of nitrogens with zero attached hydrogens (tertiary/aromatic N) is 1. The Morgan fingerprint density at radius 2 is 1.79 bits per heavy atom. The molecule has 0 aliphatic carbocycles. The molecule has 226 valence electrons. The number of amides is 3. The first-order valence-corrected chi connectivity index (χ1v) is 15.3. The molecule has 0 aromatic heterocycles. The van der Waals surface area contributed by atoms with Gasteiger partial charge in [0.25, 0.3) is 0 Å². The average Bonchev–Trinajstić information content (AvgIpc) is 3.59. The van der Waals surface area contributed by atoms with Crippen LogP contribution < -0.4 is 15.4 Å². The van der Waals surface area contributed by atoms with E-state index in [1.165, 1.54) is 4.90 Å². The van der Waals surface area contributed by atoms with Crippen LogP contribution in [0.2, 0.25) is 0 Å². The monoisotopic (exact) mass is 577 g/mol. The van der Waals surface area contributed by atoms with Crippen molar-refractivity contribution >= 4 is 23.4 Å². The lowest BCUT2D eigenvalue weighted by Gasteiger charge is -2.38. The van der Waals surface area contributed by atoms with Gasteiger partial charge in [-0.1, -0.05) is 50.6 Å². The highest BCUT2D eigenvalue weighted by Gasteiger charge is 2.79. The first kappa shape index (κ1) is 30.0. The highest BCUT2D eigenvalue weighted by Crippen LogP contribution is 2.65. The maximum atomic E-state index is 14.6. The van der Waals surface area contributed by atoms with Crippen molar-refractivity contribution in [2.75, 3.05) is 18.5 Å². The molecule has 3 fully saturated rings. The Hall–Kier alpha value is -3.43. The van der Waals surface area contributed by atoms with Gasteiger partial charge in [0.1, 0.15) is 17.4 Å². The van der Waals surface area contributed by atoms with Crippen molar-refractivity contribution in [1.82, 2.24) is 10.2 Å². The molecule has 2 bridgehead atoms. The Balaban J connectivity index is 1.54. The summed E-state index contributed by atoms with van der Waals surface area (Å²) in [5.74, 6) is -1.89. The van der Waals surface area contributed by atoms with E-state index in [0.29, 0.717) is 37.3 Å². The van der Waals surface area contributed by atoms with Crippen LogP contribution in [0, 0.1) is 11.8 Å². The van der Waals surface area contributed by atoms with Crippen LogP contribution in [0.3, 0.4) is 0 Å². The fourth-order valence-corrected chi connectivity index (χ4v) is 7.57. The second-order valence-electron chi connectivity index (χ2n) is 11.8. The summed E-state index contributed by atoms with van der Waals surface area (Å²) in [6, 6.07) is 14.5. The molecule has 2 aromatic rings. The van der Waals surface area contributed by atoms with Crippen LogP contribution in [0.25, 0.3) is 0 Å². The van der Waals surface area contributed by atoms with E-state index in [9.17, 15) is 19.5 Å². The summed E-state index contributed by atoms with van der Waals surface area (Å²) >= 11 is 0. The van der Waals surface area contributed by atoms with Gasteiger partial charge in [-0.2, -0.15) is 0 Å². The molecule has 5 rings (SSSR count). The number of hydrogen-bond donors (Lipinski definition) is 3. The molecular weight excluding hydrogens is 534 g/mol. The van der Waals surface area contributed by atoms with E-state index in [0.717, 1.165) is 18.4 Å². The van der Waals surface area contributed by atoms with Gasteiger partial charge in [0.2, 0.25) is 17.7 Å². The van der Waals surface area contributed by atoms with Gasteiger partial charge in [-0.05, 0) is 69.4 Å². The molecule has 7 atom stereocenters. The van der Waals surface area contributed by atoms with Gasteiger partial charge in [0.15, 0.2) is 0 Å². The molecule has 1 spiro atoms. The van der Waals surface area contributed by atoms with Crippen molar-refractivity contribution in [3.63, 3.8) is 0 Å². The summed E-state index contributed by atoms with van der Waals surface area (Å²) in [4.78, 5) is 44.3. The third-order valence-electron chi connectivity index (χ3n) is 9.39. The number of aliphatic hydroxyl groups is 1. The fraction of sp³-hybridized carbons (Fsp3) is 0.545. The van der Waals surface area contributed by atoms with Crippen LogP contribution in [0.1, 0.15) is 71.4 Å². The van der Waals surface area contributed by atoms with Gasteiger partial charge >= 0.3 is 0 Å². The number of aliphatic hydroxyl groups excluding tert-OH is 1. The highest BCUT2D eigenvalue weighted by molar-refractivity contribution is 6.02. The van der Waals surface area contributed by atoms with E-state index in [1.54, 1.807) is 24.3 Å². The van der Waals surface area contributed by atoms with Crippen LogP contribution in [-0.2, 0) is 19.1 Å². The number of fused-ring (bicyclic) bond motifs is 1. The number of carbonyl (C=O) groups is 3. The summed E-state index contributed by atoms with van der Waals surface area (Å²) in [6.07, 6.45) is 3.26. The van der Waals surface area contributed by atoms with Crippen molar-refractivity contribution < 1.29 is 29.0 Å². The zero-order valence-electron chi connectivity index (χ0n) is 25.0. The standard InChI is InChI=1S/C33H43N3O6/c1-5-11-21(4)34-30(39)28-33-19-18-32(6-2,42-33)26(29(38)35-23-14-16-24(17-15-23)41-7-3)27(33)31(40)36(28)25(20-37)22-12-9-8-10-13-22/h8-10,12-17,21,25-28,37H,5-7,11,18-20H2,1-4H3,(H,34,39)(H,35,38)/t21?,25-,26-,27+,28?,32+,33?/m1/s1. The molecule has 0 saturated carbocycles. The Labute approximate surface area is 248 Å². The van der Waals surface area contributed by atoms with Gasteiger partial charge in [-0.15, -0.1) is 0 Å². The van der Waals surface area contributed by atoms with Crippen LogP contribution >= 0.6 is 0 Å². The lowest BCUT2D eigenvalue weighted by molar-refractivity contribution is -0.150. The predicted molar refractivity (Wildman–Crippen MR) is 159 cm³/mol. The number of rotatable bonds is 12. The molecule has 3 N–H and O–H groups in total. The maximum Gasteiger partial charge on any atom is 0.246 e. The van der Waals surface area contributed by atoms with Gasteiger partial charge < -0.3 is 30.1 Å². The molecule has 3 aliphatic heterocycles. The van der Waals surface area contributed by atoms with Gasteiger partial charge in [-0.25, -0.2) is 0 Å². The van der Waals surface area contributed by atoms with Gasteiger partial charge in [0.05, 0.1) is 36.7 Å². The molecule has 3 saturated heterocycles. The smallest absolute Gasteiger partial charge is 0.246 e. The second-order valence-corrected chi connectivity index (χ2v) is 11.8. The van der Waals surface area contributed by atoms with Crippen molar-refractivity contribution in [3.05, 3.63) is 60.2 Å². The van der Waals surface area contributed by atoms with E-state index in [-0.39, 0.29) is 30.4 Å². The minimum Gasteiger partial charge on any atom is -0.494 e. The van der Waals surface area contributed by atoms with Crippen molar-refractivity contribution in [1.29, 1.82) is 0 Å². The number of nitrogens with one attached hydrogen (secondary N) is 2. The molecule has 9 nitrogen and oxygen atoms in total. The minimum absolute atomic E-state index is 0.100. The third-order valence-corrected chi connectivity index (χ3v) is 9.39. The quantitative estimate of drug-likeness (QED) is 0.348. The number of ether oxygens (including phenoxy) is 2. The average molecular weight is 578 g/mol. The summed E-state index contributed by atoms with van der Waals surface area (Å²) < 4.78 is 12.4. The molecule has 3 heterocycles. The van der Waals surface area contributed by atoms with Crippen molar-refractivity contribution in [2.24, 2.45) is 11.8 Å². The Morgan fingerprint density at radius 3 is 2.40 bits per heavy atom. The molecule has 3 amide bonds. The number of hydrogen-bond acceptors (Lipinski definition) is 6. The van der Waals surface area contributed by atoms with E-state index < -0.39 is 35.1 Å². The van der Waals surface area contributed by atoms with Gasteiger partial charge in [0, 0.05) is 11.7 Å². The largest absolute Gasteiger partial charge is 0.494 e. The fourth-order valence-electron chi connectivity index (χ4n) is 7.57. The summed E-state index contributed by atoms with van der Waals surface area (Å²) in [7, 11) is 0. The van der Waals surface area contributed by atoms with Crippen LogP contribution in [0.5, 0.6) is 5.75 Å². The number of carbonyl (C=O) groups excluding carboxylic acids is 3. The number of anilines is 1. The summed E-state index contributed by atoms with van der Waals surface area (Å²) in [5, 5.41) is 16.8. The van der Waals surface area contributed by atoms with Crippen LogP contribution in [-0.4, -0.2) is 64.2 Å². The Morgan fingerprint density at radius 1 is 1.07 bits per heavy atom. The van der Waals surface area contributed by atoms with E-state index in [4.69, 9.17) is 9.47 Å². The normalized spacial score (nSPS) is 29.2. The highest BCUT2D eigenvalue weighted by atomic mass is 16.5. The van der Waals surface area contributed by atoms with Crippen LogP contribution in [0.15, 0.2) is 54.6 Å². The number of likely N-dealkylation sites (tertiary alicyclic amines) is 1. The topological polar surface area (TPSA) is 117 Å². The van der Waals surface area contributed by atoms with E-state index in [2.05, 4.69) is 17.6 Å². The zero-order chi connectivity index (χ0) is 30.1. The second kappa shape index (κ2) is 12.1. The van der Waals surface area contributed by atoms with Gasteiger partial charge in [-0.3, -0.25) is 14.4 Å². The Kier molecular flexibility index (Phi) is 8.62. The van der Waals surface area contributed by atoms with Crippen molar-refractivity contribution in [2.45, 2.75) is 89.1 Å². The molecule has 0 radical (unpaired) electrons. The third kappa shape index (κ3) is 4.96. The first-order valence-electron chi connectivity index (χ1n) is 15.3. The molecule has 3 aliphatic rings. The lowest BCUT2D eigenvalue weighted by Crippen LogP contribution is -2.57. The Bertz CT molecular complexity index is 1290. The maximum absolute atomic E-state index is 14.6. The first-order chi connectivity index (χ1) is 20.2. The lowest BCUT2D eigenvalue weighted by atomic mass is 9.65. The molecule has 42 heavy (non-hydrogen) atoms. The van der Waals surface area contributed by atoms with Crippen LogP contribution in [0.4, 0.5) is 5.69 Å². The van der Waals surface area contributed by atoms with E-state index >= 15 is 0 Å². The molecule has 9 heteroatoms. The SMILES string of the molecule is CCCC(C)NC(=O)C1N([C@H](CO)c2ccccc2)C(=O)[C@@H]2[C@H](C(=O)Nc3ccc(OCC)cc3)[C@]3(CC)CCC12O3. The molecule has 2 aromatic carbocycles. The summed E-state index contributed by atoms with van der Waals surface area (Å²) in [5.41, 5.74) is -0.726. The van der Waals surface area contributed by atoms with Crippen molar-refractivity contribution in [3.8, 4) is 5.75 Å². The number of benzene rings is 2. The molecule has 3 unspecified atom stereocenters. The predicted octanol–water partition coefficient (Wildman–Crippen LogP) is 4.22. The minimum atomic E-state index is -1.17. The molecular formula is C33H43N3O6.